The van der Waals surface area contributed by atoms with Crippen LogP contribution in [0.25, 0.3) is 22.9 Å². The molecule has 1 unspecified atom stereocenters. The van der Waals surface area contributed by atoms with Crippen molar-refractivity contribution in [1.29, 1.82) is 0 Å². The molecule has 34 heavy (non-hydrogen) atoms. The van der Waals surface area contributed by atoms with Gasteiger partial charge in [-0.25, -0.2) is 15.0 Å². The molecule has 2 N–H and O–H groups in total. The number of anilines is 1. The highest BCUT2D eigenvalue weighted by molar-refractivity contribution is 5.66. The van der Waals surface area contributed by atoms with Crippen molar-refractivity contribution in [2.24, 2.45) is 7.05 Å². The van der Waals surface area contributed by atoms with Gasteiger partial charge in [0.1, 0.15) is 30.0 Å². The van der Waals surface area contributed by atoms with Gasteiger partial charge in [-0.05, 0) is 38.9 Å². The van der Waals surface area contributed by atoms with Crippen LogP contribution in [0.1, 0.15) is 18.5 Å². The number of rotatable bonds is 9. The van der Waals surface area contributed by atoms with Crippen molar-refractivity contribution in [3.8, 4) is 28.7 Å². The number of benzene rings is 1. The summed E-state index contributed by atoms with van der Waals surface area (Å²) < 4.78 is 13.4. The Hall–Kier alpha value is -3.01. The number of aliphatic hydroxyl groups is 1. The van der Waals surface area contributed by atoms with E-state index >= 15 is 0 Å². The van der Waals surface area contributed by atoms with Gasteiger partial charge in [-0.2, -0.15) is 0 Å². The summed E-state index contributed by atoms with van der Waals surface area (Å²) in [5.41, 5.74) is 2.67. The van der Waals surface area contributed by atoms with E-state index in [-0.39, 0.29) is 6.61 Å². The number of aliphatic hydroxyl groups excluding tert-OH is 1. The second kappa shape index (κ2) is 10.9. The Bertz CT molecular complexity index is 1100. The summed E-state index contributed by atoms with van der Waals surface area (Å²) in [6, 6.07) is 10.0. The number of nitrogens with one attached hydrogen (secondary N) is 1. The minimum atomic E-state index is -0.584. The van der Waals surface area contributed by atoms with Gasteiger partial charge in [0.2, 0.25) is 0 Å². The Balaban J connectivity index is 1.69. The molecule has 1 aliphatic rings. The predicted octanol–water partition coefficient (Wildman–Crippen LogP) is 2.43. The highest BCUT2D eigenvalue weighted by Crippen LogP contribution is 2.29. The van der Waals surface area contributed by atoms with Crippen LogP contribution in [0, 0.1) is 6.92 Å². The Morgan fingerprint density at radius 3 is 2.76 bits per heavy atom. The smallest absolute Gasteiger partial charge is 0.162 e. The van der Waals surface area contributed by atoms with Gasteiger partial charge in [0, 0.05) is 63.4 Å². The number of hydrogen-bond donors (Lipinski definition) is 2. The van der Waals surface area contributed by atoms with Crippen molar-refractivity contribution in [3.05, 3.63) is 42.2 Å². The molecule has 9 heteroatoms. The molecule has 0 spiro atoms. The zero-order chi connectivity index (χ0) is 24.1. The number of hydrogen-bond acceptors (Lipinski definition) is 8. The summed E-state index contributed by atoms with van der Waals surface area (Å²) >= 11 is 0. The first-order valence-electron chi connectivity index (χ1n) is 11.7. The molecule has 3 heterocycles. The van der Waals surface area contributed by atoms with Crippen LogP contribution in [0.15, 0.2) is 36.5 Å². The zero-order valence-electron chi connectivity index (χ0n) is 20.4. The monoisotopic (exact) mass is 466 g/mol. The van der Waals surface area contributed by atoms with Crippen molar-refractivity contribution >= 4 is 5.82 Å². The van der Waals surface area contributed by atoms with E-state index in [4.69, 9.17) is 19.4 Å². The SMILES string of the molecule is CNCC(O)COc1cccc(-c2nc(-c3ncc(C)n3C)cc(N(C)C3CCOCC3)n2)c1. The number of nitrogens with zero attached hydrogens (tertiary/aromatic N) is 5. The minimum absolute atomic E-state index is 0.204. The van der Waals surface area contributed by atoms with Gasteiger partial charge < -0.3 is 29.4 Å². The molecule has 0 saturated carbocycles. The van der Waals surface area contributed by atoms with E-state index in [0.717, 1.165) is 54.6 Å². The second-order valence-corrected chi connectivity index (χ2v) is 8.72. The number of aryl methyl sites for hydroxylation is 1. The average molecular weight is 467 g/mol. The molecule has 0 radical (unpaired) electrons. The maximum atomic E-state index is 9.97. The summed E-state index contributed by atoms with van der Waals surface area (Å²) in [5, 5.41) is 12.9. The first-order valence-corrected chi connectivity index (χ1v) is 11.7. The topological polar surface area (TPSA) is 97.6 Å². The minimum Gasteiger partial charge on any atom is -0.491 e. The van der Waals surface area contributed by atoms with Gasteiger partial charge in [-0.15, -0.1) is 0 Å². The van der Waals surface area contributed by atoms with Crippen molar-refractivity contribution in [3.63, 3.8) is 0 Å². The van der Waals surface area contributed by atoms with E-state index in [1.165, 1.54) is 0 Å². The third-order valence-corrected chi connectivity index (χ3v) is 6.24. The molecule has 1 fully saturated rings. The van der Waals surface area contributed by atoms with Gasteiger partial charge in [0.25, 0.3) is 0 Å². The fourth-order valence-electron chi connectivity index (χ4n) is 4.06. The van der Waals surface area contributed by atoms with E-state index in [9.17, 15) is 5.11 Å². The lowest BCUT2D eigenvalue weighted by Crippen LogP contribution is -2.37. The van der Waals surface area contributed by atoms with Gasteiger partial charge in [0.05, 0.1) is 0 Å². The van der Waals surface area contributed by atoms with E-state index in [2.05, 4.69) is 22.2 Å². The lowest BCUT2D eigenvalue weighted by atomic mass is 10.1. The van der Waals surface area contributed by atoms with E-state index in [1.54, 1.807) is 7.05 Å². The van der Waals surface area contributed by atoms with Crippen LogP contribution in [0.5, 0.6) is 5.75 Å². The van der Waals surface area contributed by atoms with Crippen LogP contribution >= 0.6 is 0 Å². The molecule has 1 aliphatic heterocycles. The summed E-state index contributed by atoms with van der Waals surface area (Å²) in [6.07, 6.45) is 3.19. The summed E-state index contributed by atoms with van der Waals surface area (Å²) in [6.45, 7) is 4.22. The van der Waals surface area contributed by atoms with Crippen molar-refractivity contribution < 1.29 is 14.6 Å². The normalized spacial score (nSPS) is 15.3. The van der Waals surface area contributed by atoms with E-state index in [0.29, 0.717) is 24.2 Å². The Labute approximate surface area is 200 Å². The molecule has 0 aliphatic carbocycles. The molecular weight excluding hydrogens is 432 g/mol. The number of imidazole rings is 1. The maximum Gasteiger partial charge on any atom is 0.162 e. The summed E-state index contributed by atoms with van der Waals surface area (Å²) in [4.78, 5) is 16.6. The molecule has 1 atom stereocenters. The van der Waals surface area contributed by atoms with Crippen LogP contribution in [0.3, 0.4) is 0 Å². The van der Waals surface area contributed by atoms with Crippen LogP contribution in [-0.2, 0) is 11.8 Å². The first kappa shape index (κ1) is 24.1. The van der Waals surface area contributed by atoms with Crippen LogP contribution in [0.4, 0.5) is 5.82 Å². The van der Waals surface area contributed by atoms with Gasteiger partial charge in [-0.3, -0.25) is 0 Å². The molecule has 3 aromatic rings. The Morgan fingerprint density at radius 1 is 1.26 bits per heavy atom. The Morgan fingerprint density at radius 2 is 2.06 bits per heavy atom. The fraction of sp³-hybridized carbons (Fsp3) is 0.480. The van der Waals surface area contributed by atoms with Gasteiger partial charge in [0.15, 0.2) is 11.6 Å². The van der Waals surface area contributed by atoms with Crippen LogP contribution < -0.4 is 15.0 Å². The third-order valence-electron chi connectivity index (χ3n) is 6.24. The Kier molecular flexibility index (Phi) is 7.77. The average Bonchev–Trinajstić information content (AvgIpc) is 3.21. The largest absolute Gasteiger partial charge is 0.491 e. The number of ether oxygens (including phenoxy) is 2. The van der Waals surface area contributed by atoms with E-state index < -0.39 is 6.10 Å². The zero-order valence-corrected chi connectivity index (χ0v) is 20.4. The van der Waals surface area contributed by atoms with Crippen molar-refractivity contribution in [2.45, 2.75) is 31.9 Å². The predicted molar refractivity (Wildman–Crippen MR) is 132 cm³/mol. The van der Waals surface area contributed by atoms with Crippen molar-refractivity contribution in [1.82, 2.24) is 24.8 Å². The third kappa shape index (κ3) is 5.55. The fourth-order valence-corrected chi connectivity index (χ4v) is 4.06. The molecule has 1 aromatic carbocycles. The van der Waals surface area contributed by atoms with Crippen molar-refractivity contribution in [2.75, 3.05) is 45.4 Å². The summed E-state index contributed by atoms with van der Waals surface area (Å²) in [7, 11) is 5.87. The molecular formula is C25H34N6O3. The first-order chi connectivity index (χ1) is 16.5. The number of likely N-dealkylation sites (N-methyl/N-ethyl adjacent to an activating group) is 1. The standard InChI is InChI=1S/C25H34N6O3/c1-17-14-27-25(30(17)3)22-13-23(31(4)19-8-10-33-11-9-19)29-24(28-22)18-6-5-7-21(12-18)34-16-20(32)15-26-2/h5-7,12-14,19-20,26,32H,8-11,15-16H2,1-4H3. The molecule has 0 amide bonds. The molecule has 0 bridgehead atoms. The maximum absolute atomic E-state index is 9.97. The highest BCUT2D eigenvalue weighted by Gasteiger charge is 2.22. The molecule has 9 nitrogen and oxygen atoms in total. The van der Waals surface area contributed by atoms with E-state index in [1.807, 2.05) is 55.1 Å². The molecule has 4 rings (SSSR count). The van der Waals surface area contributed by atoms with Gasteiger partial charge in [-0.1, -0.05) is 12.1 Å². The van der Waals surface area contributed by atoms with Crippen LogP contribution in [0.2, 0.25) is 0 Å². The summed E-state index contributed by atoms with van der Waals surface area (Å²) in [5.74, 6) is 2.91. The van der Waals surface area contributed by atoms with Gasteiger partial charge >= 0.3 is 0 Å². The lowest BCUT2D eigenvalue weighted by molar-refractivity contribution is 0.0853. The second-order valence-electron chi connectivity index (χ2n) is 8.72. The number of aromatic nitrogens is 4. The van der Waals surface area contributed by atoms with Crippen LogP contribution in [-0.4, -0.2) is 77.2 Å². The molecule has 1 saturated heterocycles. The molecule has 2 aromatic heterocycles. The highest BCUT2D eigenvalue weighted by atomic mass is 16.5. The molecule has 182 valence electrons. The quantitative estimate of drug-likeness (QED) is 0.496. The lowest BCUT2D eigenvalue weighted by Gasteiger charge is -2.32.